The van der Waals surface area contributed by atoms with Crippen molar-refractivity contribution in [2.75, 3.05) is 0 Å². The summed E-state index contributed by atoms with van der Waals surface area (Å²) in [5.41, 5.74) is -0.422. The molecule has 6 heteroatoms. The molecule has 0 unspecified atom stereocenters. The smallest absolute Gasteiger partial charge is 0.344 e. The Labute approximate surface area is 140 Å². The van der Waals surface area contributed by atoms with Crippen LogP contribution in [0.15, 0.2) is 55.2 Å². The standard InChI is InChI=1S/C18H18O6/c1-4-10-22-16(19)13-8-7-9-14(17(20)23-11-5-2)15(13)18(21)24-12-6-3/h4-12H,1-3H3. The highest BCUT2D eigenvalue weighted by atomic mass is 16.5. The number of esters is 3. The molecule has 0 aliphatic rings. The highest BCUT2D eigenvalue weighted by Gasteiger charge is 2.26. The van der Waals surface area contributed by atoms with E-state index in [2.05, 4.69) is 0 Å². The van der Waals surface area contributed by atoms with E-state index in [-0.39, 0.29) is 16.7 Å². The Morgan fingerprint density at radius 3 is 1.46 bits per heavy atom. The van der Waals surface area contributed by atoms with Crippen LogP contribution >= 0.6 is 0 Å². The van der Waals surface area contributed by atoms with Gasteiger partial charge in [0, 0.05) is 0 Å². The number of hydrogen-bond acceptors (Lipinski definition) is 6. The van der Waals surface area contributed by atoms with Crippen molar-refractivity contribution in [1.29, 1.82) is 0 Å². The molecule has 6 nitrogen and oxygen atoms in total. The van der Waals surface area contributed by atoms with Crippen LogP contribution in [0.3, 0.4) is 0 Å². The molecule has 0 N–H and O–H groups in total. The van der Waals surface area contributed by atoms with Crippen molar-refractivity contribution in [3.05, 3.63) is 71.9 Å². The van der Waals surface area contributed by atoms with Crippen molar-refractivity contribution < 1.29 is 28.6 Å². The molecule has 0 bridgehead atoms. The first kappa shape index (κ1) is 18.9. The van der Waals surface area contributed by atoms with Crippen molar-refractivity contribution in [2.45, 2.75) is 20.8 Å². The van der Waals surface area contributed by atoms with Crippen molar-refractivity contribution in [3.63, 3.8) is 0 Å². The van der Waals surface area contributed by atoms with Gasteiger partial charge in [-0.2, -0.15) is 0 Å². The Bertz CT molecular complexity index is 653. The molecule has 0 aliphatic carbocycles. The summed E-state index contributed by atoms with van der Waals surface area (Å²) in [6.45, 7) is 4.99. The Hall–Kier alpha value is -3.15. The third-order valence-electron chi connectivity index (χ3n) is 2.64. The average Bonchev–Trinajstić information content (AvgIpc) is 2.61. The van der Waals surface area contributed by atoms with Gasteiger partial charge < -0.3 is 14.2 Å². The molecule has 0 fully saturated rings. The number of carbonyl (C=O) groups is 3. The van der Waals surface area contributed by atoms with Gasteiger partial charge in [-0.1, -0.05) is 24.3 Å². The summed E-state index contributed by atoms with van der Waals surface area (Å²) in [5.74, 6) is -2.45. The van der Waals surface area contributed by atoms with E-state index in [9.17, 15) is 14.4 Å². The van der Waals surface area contributed by atoms with E-state index >= 15 is 0 Å². The van der Waals surface area contributed by atoms with Crippen LogP contribution in [0.1, 0.15) is 51.8 Å². The first-order chi connectivity index (χ1) is 11.6. The zero-order valence-corrected chi connectivity index (χ0v) is 13.6. The molecule has 0 amide bonds. The zero-order valence-electron chi connectivity index (χ0n) is 13.6. The van der Waals surface area contributed by atoms with Crippen LogP contribution in [-0.4, -0.2) is 17.9 Å². The highest BCUT2D eigenvalue weighted by molar-refractivity contribution is 6.10. The van der Waals surface area contributed by atoms with E-state index in [0.717, 1.165) is 6.26 Å². The zero-order chi connectivity index (χ0) is 17.9. The second-order valence-corrected chi connectivity index (χ2v) is 4.35. The van der Waals surface area contributed by atoms with Crippen molar-refractivity contribution in [1.82, 2.24) is 0 Å². The van der Waals surface area contributed by atoms with Gasteiger partial charge in [0.2, 0.25) is 0 Å². The Kier molecular flexibility index (Phi) is 7.70. The second-order valence-electron chi connectivity index (χ2n) is 4.35. The van der Waals surface area contributed by atoms with Crippen LogP contribution in [0.25, 0.3) is 0 Å². The quantitative estimate of drug-likeness (QED) is 0.449. The summed E-state index contributed by atoms with van der Waals surface area (Å²) in [4.78, 5) is 36.5. The molecule has 1 rings (SSSR count). The van der Waals surface area contributed by atoms with Gasteiger partial charge in [-0.15, -0.1) is 0 Å². The van der Waals surface area contributed by atoms with Crippen LogP contribution in [-0.2, 0) is 14.2 Å². The fourth-order valence-electron chi connectivity index (χ4n) is 1.69. The minimum Gasteiger partial charge on any atom is -0.431 e. The van der Waals surface area contributed by atoms with Gasteiger partial charge in [0.25, 0.3) is 0 Å². The number of rotatable bonds is 6. The van der Waals surface area contributed by atoms with Gasteiger partial charge in [0.15, 0.2) is 0 Å². The molecule has 0 saturated heterocycles. The minimum atomic E-state index is -0.867. The number of allylic oxidation sites excluding steroid dienone is 3. The van der Waals surface area contributed by atoms with Crippen LogP contribution in [0, 0.1) is 0 Å². The van der Waals surface area contributed by atoms with E-state index in [1.54, 1.807) is 20.8 Å². The third-order valence-corrected chi connectivity index (χ3v) is 2.64. The molecule has 0 aliphatic heterocycles. The monoisotopic (exact) mass is 330 g/mol. The first-order valence-electron chi connectivity index (χ1n) is 7.16. The molecule has 0 heterocycles. The van der Waals surface area contributed by atoms with Gasteiger partial charge in [-0.25, -0.2) is 14.4 Å². The number of carbonyl (C=O) groups excluding carboxylic acids is 3. The number of benzene rings is 1. The fourth-order valence-corrected chi connectivity index (χ4v) is 1.69. The van der Waals surface area contributed by atoms with Crippen molar-refractivity contribution in [2.24, 2.45) is 0 Å². The summed E-state index contributed by atoms with van der Waals surface area (Å²) in [6.07, 6.45) is 8.02. The Morgan fingerprint density at radius 2 is 1.08 bits per heavy atom. The fraction of sp³-hybridized carbons (Fsp3) is 0.167. The van der Waals surface area contributed by atoms with Crippen molar-refractivity contribution in [3.8, 4) is 0 Å². The SMILES string of the molecule is CC=COC(=O)c1cccc(C(=O)OC=CC)c1C(=O)OC=CC. The van der Waals surface area contributed by atoms with E-state index in [1.165, 1.54) is 49.0 Å². The predicted molar refractivity (Wildman–Crippen MR) is 87.1 cm³/mol. The predicted octanol–water partition coefficient (Wildman–Crippen LogP) is 3.76. The van der Waals surface area contributed by atoms with Crippen LogP contribution < -0.4 is 0 Å². The van der Waals surface area contributed by atoms with Crippen molar-refractivity contribution >= 4 is 17.9 Å². The lowest BCUT2D eigenvalue weighted by Crippen LogP contribution is -2.17. The lowest BCUT2D eigenvalue weighted by Gasteiger charge is -2.10. The highest BCUT2D eigenvalue weighted by Crippen LogP contribution is 2.19. The number of ether oxygens (including phenoxy) is 3. The average molecular weight is 330 g/mol. The largest absolute Gasteiger partial charge is 0.431 e. The van der Waals surface area contributed by atoms with Gasteiger partial charge in [-0.3, -0.25) is 0 Å². The molecule has 0 atom stereocenters. The van der Waals surface area contributed by atoms with E-state index in [1.807, 2.05) is 0 Å². The minimum absolute atomic E-state index is 0.0995. The van der Waals surface area contributed by atoms with E-state index in [0.29, 0.717) is 0 Å². The maximum atomic E-state index is 12.3. The number of hydrogen-bond donors (Lipinski definition) is 0. The topological polar surface area (TPSA) is 78.9 Å². The maximum Gasteiger partial charge on any atom is 0.344 e. The molecular weight excluding hydrogens is 312 g/mol. The molecule has 0 aromatic heterocycles. The maximum absolute atomic E-state index is 12.3. The second kappa shape index (κ2) is 9.78. The molecule has 24 heavy (non-hydrogen) atoms. The molecule has 0 radical (unpaired) electrons. The van der Waals surface area contributed by atoms with Crippen LogP contribution in [0.4, 0.5) is 0 Å². The normalized spacial score (nSPS) is 11.1. The van der Waals surface area contributed by atoms with Gasteiger partial charge >= 0.3 is 17.9 Å². The van der Waals surface area contributed by atoms with E-state index < -0.39 is 17.9 Å². The van der Waals surface area contributed by atoms with Gasteiger partial charge in [0.05, 0.1) is 35.5 Å². The molecule has 0 spiro atoms. The molecule has 126 valence electrons. The lowest BCUT2D eigenvalue weighted by atomic mass is 10.0. The molecule has 1 aromatic carbocycles. The lowest BCUT2D eigenvalue weighted by molar-refractivity contribution is 0.0599. The summed E-state index contributed by atoms with van der Waals surface area (Å²) in [7, 11) is 0. The summed E-state index contributed by atoms with van der Waals surface area (Å²) in [6, 6.07) is 4.18. The Morgan fingerprint density at radius 1 is 0.708 bits per heavy atom. The third kappa shape index (κ3) is 4.95. The molecule has 1 aromatic rings. The van der Waals surface area contributed by atoms with Crippen LogP contribution in [0.5, 0.6) is 0 Å². The molecular formula is C18H18O6. The summed E-state index contributed by atoms with van der Waals surface area (Å²) >= 11 is 0. The van der Waals surface area contributed by atoms with Gasteiger partial charge in [-0.05, 0) is 32.9 Å². The van der Waals surface area contributed by atoms with E-state index in [4.69, 9.17) is 14.2 Å². The molecule has 0 saturated carbocycles. The summed E-state index contributed by atoms with van der Waals surface area (Å²) in [5, 5.41) is 0. The Balaban J connectivity index is 3.39. The summed E-state index contributed by atoms with van der Waals surface area (Å²) < 4.78 is 14.7. The van der Waals surface area contributed by atoms with Crippen LogP contribution in [0.2, 0.25) is 0 Å². The first-order valence-corrected chi connectivity index (χ1v) is 7.16. The van der Waals surface area contributed by atoms with Gasteiger partial charge in [0.1, 0.15) is 0 Å².